The van der Waals surface area contributed by atoms with Crippen LogP contribution in [0.25, 0.3) is 10.8 Å². The lowest BCUT2D eigenvalue weighted by Gasteiger charge is -2.17. The zero-order chi connectivity index (χ0) is 13.0. The summed E-state index contributed by atoms with van der Waals surface area (Å²) in [6.45, 7) is 4.41. The van der Waals surface area contributed by atoms with Gasteiger partial charge in [0.15, 0.2) is 0 Å². The van der Waals surface area contributed by atoms with Gasteiger partial charge in [-0.2, -0.15) is 11.8 Å². The van der Waals surface area contributed by atoms with Crippen LogP contribution >= 0.6 is 11.8 Å². The van der Waals surface area contributed by atoms with Gasteiger partial charge in [0.05, 0.1) is 6.04 Å². The van der Waals surface area contributed by atoms with Crippen LogP contribution < -0.4 is 11.3 Å². The van der Waals surface area contributed by atoms with Crippen LogP contribution in [-0.2, 0) is 0 Å². The SMILES string of the molecule is CC(C)SCC(NN)c1ccc2ccccc2c1. The van der Waals surface area contributed by atoms with Crippen molar-refractivity contribution >= 4 is 22.5 Å². The fourth-order valence-corrected chi connectivity index (χ4v) is 2.82. The Labute approximate surface area is 113 Å². The van der Waals surface area contributed by atoms with Gasteiger partial charge in [0.25, 0.3) is 0 Å². The number of hydrogen-bond donors (Lipinski definition) is 2. The highest BCUT2D eigenvalue weighted by molar-refractivity contribution is 7.99. The molecule has 2 aromatic carbocycles. The molecule has 2 nitrogen and oxygen atoms in total. The van der Waals surface area contributed by atoms with Crippen LogP contribution in [0.3, 0.4) is 0 Å². The van der Waals surface area contributed by atoms with Crippen molar-refractivity contribution in [3.63, 3.8) is 0 Å². The van der Waals surface area contributed by atoms with Gasteiger partial charge in [0.1, 0.15) is 0 Å². The van der Waals surface area contributed by atoms with E-state index in [0.717, 1.165) is 5.75 Å². The first kappa shape index (κ1) is 13.4. The van der Waals surface area contributed by atoms with Crippen LogP contribution in [0.1, 0.15) is 25.5 Å². The Morgan fingerprint density at radius 3 is 2.50 bits per heavy atom. The lowest BCUT2D eigenvalue weighted by Crippen LogP contribution is -2.30. The summed E-state index contributed by atoms with van der Waals surface area (Å²) in [6, 6.07) is 15.2. The fraction of sp³-hybridized carbons (Fsp3) is 0.333. The summed E-state index contributed by atoms with van der Waals surface area (Å²) in [7, 11) is 0. The molecule has 0 aliphatic heterocycles. The van der Waals surface area contributed by atoms with Crippen LogP contribution in [-0.4, -0.2) is 11.0 Å². The minimum Gasteiger partial charge on any atom is -0.271 e. The molecule has 0 fully saturated rings. The van der Waals surface area contributed by atoms with E-state index in [0.29, 0.717) is 5.25 Å². The highest BCUT2D eigenvalue weighted by Crippen LogP contribution is 2.24. The maximum atomic E-state index is 5.67. The Morgan fingerprint density at radius 2 is 1.83 bits per heavy atom. The number of benzene rings is 2. The molecule has 0 heterocycles. The van der Waals surface area contributed by atoms with Crippen molar-refractivity contribution < 1.29 is 0 Å². The molecule has 1 unspecified atom stereocenters. The highest BCUT2D eigenvalue weighted by atomic mass is 32.2. The van der Waals surface area contributed by atoms with E-state index in [1.165, 1.54) is 16.3 Å². The second kappa shape index (κ2) is 6.23. The van der Waals surface area contributed by atoms with E-state index >= 15 is 0 Å². The summed E-state index contributed by atoms with van der Waals surface area (Å²) in [5.74, 6) is 6.66. The quantitative estimate of drug-likeness (QED) is 0.638. The first-order valence-corrected chi connectivity index (χ1v) is 7.32. The summed E-state index contributed by atoms with van der Waals surface area (Å²) >= 11 is 1.92. The molecule has 2 aromatic rings. The minimum atomic E-state index is 0.210. The van der Waals surface area contributed by atoms with Crippen LogP contribution in [0.15, 0.2) is 42.5 Å². The van der Waals surface area contributed by atoms with Gasteiger partial charge in [-0.1, -0.05) is 50.2 Å². The smallest absolute Gasteiger partial charge is 0.0550 e. The molecule has 0 aliphatic carbocycles. The Hall–Kier alpha value is -1.03. The molecule has 18 heavy (non-hydrogen) atoms. The first-order valence-electron chi connectivity index (χ1n) is 6.27. The number of nitrogens with one attached hydrogen (secondary N) is 1. The number of hydrogen-bond acceptors (Lipinski definition) is 3. The molecule has 0 bridgehead atoms. The molecule has 2 rings (SSSR count). The lowest BCUT2D eigenvalue weighted by molar-refractivity contribution is 0.611. The van der Waals surface area contributed by atoms with Gasteiger partial charge in [0, 0.05) is 5.75 Å². The van der Waals surface area contributed by atoms with Gasteiger partial charge in [-0.15, -0.1) is 0 Å². The van der Waals surface area contributed by atoms with Gasteiger partial charge in [0.2, 0.25) is 0 Å². The van der Waals surface area contributed by atoms with Crippen molar-refractivity contribution in [1.82, 2.24) is 5.43 Å². The third kappa shape index (κ3) is 3.25. The fourth-order valence-electron chi connectivity index (χ4n) is 1.95. The maximum absolute atomic E-state index is 5.67. The molecule has 3 heteroatoms. The van der Waals surface area contributed by atoms with Crippen molar-refractivity contribution in [2.75, 3.05) is 5.75 Å². The first-order chi connectivity index (χ1) is 8.70. The summed E-state index contributed by atoms with van der Waals surface area (Å²) in [5, 5.41) is 3.17. The van der Waals surface area contributed by atoms with E-state index in [1.807, 2.05) is 11.8 Å². The van der Waals surface area contributed by atoms with Crippen molar-refractivity contribution in [3.05, 3.63) is 48.0 Å². The van der Waals surface area contributed by atoms with Gasteiger partial charge in [-0.3, -0.25) is 11.3 Å². The Kier molecular flexibility index (Phi) is 4.64. The molecule has 0 saturated carbocycles. The Morgan fingerprint density at radius 1 is 1.11 bits per heavy atom. The van der Waals surface area contributed by atoms with Gasteiger partial charge in [-0.05, 0) is 27.7 Å². The predicted octanol–water partition coefficient (Wildman–Crippen LogP) is 3.49. The monoisotopic (exact) mass is 260 g/mol. The van der Waals surface area contributed by atoms with E-state index in [-0.39, 0.29) is 6.04 Å². The normalized spacial score (nSPS) is 13.1. The largest absolute Gasteiger partial charge is 0.271 e. The molecule has 0 aliphatic rings. The lowest BCUT2D eigenvalue weighted by atomic mass is 10.0. The van der Waals surface area contributed by atoms with Crippen LogP contribution in [0.5, 0.6) is 0 Å². The third-order valence-electron chi connectivity index (χ3n) is 2.97. The maximum Gasteiger partial charge on any atom is 0.0550 e. The van der Waals surface area contributed by atoms with Gasteiger partial charge < -0.3 is 0 Å². The number of thioether (sulfide) groups is 1. The van der Waals surface area contributed by atoms with Crippen molar-refractivity contribution in [1.29, 1.82) is 0 Å². The average molecular weight is 260 g/mol. The summed E-state index contributed by atoms with van der Waals surface area (Å²) in [4.78, 5) is 0. The van der Waals surface area contributed by atoms with Crippen LogP contribution in [0.4, 0.5) is 0 Å². The van der Waals surface area contributed by atoms with E-state index < -0.39 is 0 Å². The Balaban J connectivity index is 2.22. The van der Waals surface area contributed by atoms with Crippen LogP contribution in [0, 0.1) is 0 Å². The standard InChI is InChI=1S/C15H20N2S/c1-11(2)18-10-15(17-16)14-8-7-12-5-3-4-6-13(12)9-14/h3-9,11,15,17H,10,16H2,1-2H3. The number of nitrogens with two attached hydrogens (primary N) is 1. The molecular formula is C15H20N2S. The molecule has 0 radical (unpaired) electrons. The van der Waals surface area contributed by atoms with Crippen molar-refractivity contribution in [2.24, 2.45) is 5.84 Å². The second-order valence-corrected chi connectivity index (χ2v) is 6.32. The molecule has 0 saturated heterocycles. The van der Waals surface area contributed by atoms with Gasteiger partial charge in [-0.25, -0.2) is 0 Å². The highest BCUT2D eigenvalue weighted by Gasteiger charge is 2.11. The number of rotatable bonds is 5. The number of hydrazine groups is 1. The average Bonchev–Trinajstić information content (AvgIpc) is 2.39. The van der Waals surface area contributed by atoms with Crippen LogP contribution in [0.2, 0.25) is 0 Å². The Bertz CT molecular complexity index is 511. The molecular weight excluding hydrogens is 240 g/mol. The predicted molar refractivity (Wildman–Crippen MR) is 81.6 cm³/mol. The van der Waals surface area contributed by atoms with E-state index in [4.69, 9.17) is 5.84 Å². The minimum absolute atomic E-state index is 0.210. The molecule has 1 atom stereocenters. The molecule has 0 amide bonds. The number of fused-ring (bicyclic) bond motifs is 1. The van der Waals surface area contributed by atoms with E-state index in [2.05, 4.69) is 61.7 Å². The van der Waals surface area contributed by atoms with Crippen molar-refractivity contribution in [3.8, 4) is 0 Å². The zero-order valence-electron chi connectivity index (χ0n) is 10.9. The zero-order valence-corrected chi connectivity index (χ0v) is 11.7. The molecule has 96 valence electrons. The molecule has 0 spiro atoms. The second-order valence-electron chi connectivity index (χ2n) is 4.71. The van der Waals surface area contributed by atoms with E-state index in [1.54, 1.807) is 0 Å². The van der Waals surface area contributed by atoms with Crippen molar-refractivity contribution in [2.45, 2.75) is 25.1 Å². The summed E-state index contributed by atoms with van der Waals surface area (Å²) < 4.78 is 0. The van der Waals surface area contributed by atoms with E-state index in [9.17, 15) is 0 Å². The third-order valence-corrected chi connectivity index (χ3v) is 4.17. The topological polar surface area (TPSA) is 38.0 Å². The summed E-state index contributed by atoms with van der Waals surface area (Å²) in [6.07, 6.45) is 0. The van der Waals surface area contributed by atoms with Gasteiger partial charge >= 0.3 is 0 Å². The molecule has 3 N–H and O–H groups in total. The summed E-state index contributed by atoms with van der Waals surface area (Å²) in [5.41, 5.74) is 4.17. The molecule has 0 aromatic heterocycles.